The fraction of sp³-hybridized carbons (Fsp3) is 0.333. The highest BCUT2D eigenvalue weighted by Gasteiger charge is 2.33. The number of hydrogen-bond donors (Lipinski definition) is 0. The Morgan fingerprint density at radius 2 is 1.79 bits per heavy atom. The van der Waals surface area contributed by atoms with Crippen LogP contribution in [0.15, 0.2) is 70.1 Å². The van der Waals surface area contributed by atoms with Gasteiger partial charge in [-0.2, -0.15) is 4.31 Å². The molecule has 1 aromatic heterocycles. The van der Waals surface area contributed by atoms with Crippen LogP contribution in [0.25, 0.3) is 11.3 Å². The van der Waals surface area contributed by atoms with Crippen LogP contribution in [0.2, 0.25) is 0 Å². The summed E-state index contributed by atoms with van der Waals surface area (Å²) in [6.45, 7) is 2.84. The van der Waals surface area contributed by atoms with Gasteiger partial charge >= 0.3 is 5.97 Å². The van der Waals surface area contributed by atoms with Crippen LogP contribution in [-0.4, -0.2) is 43.4 Å². The number of nitrogens with zero attached hydrogens (tertiary/aromatic N) is 2. The monoisotopic (exact) mass is 470 g/mol. The molecule has 0 amide bonds. The van der Waals surface area contributed by atoms with E-state index in [-0.39, 0.29) is 36.5 Å². The average molecular weight is 471 g/mol. The smallest absolute Gasteiger partial charge is 0.309 e. The Labute approximate surface area is 193 Å². The molecule has 0 saturated carbocycles. The van der Waals surface area contributed by atoms with E-state index in [1.807, 2.05) is 37.3 Å². The number of sulfonamides is 1. The van der Waals surface area contributed by atoms with Crippen molar-refractivity contribution in [1.29, 1.82) is 0 Å². The number of ether oxygens (including phenoxy) is 2. The highest BCUT2D eigenvalue weighted by molar-refractivity contribution is 7.89. The molecule has 0 atom stereocenters. The van der Waals surface area contributed by atoms with Crippen LogP contribution in [0.4, 0.5) is 0 Å². The number of rotatable bonds is 8. The molecule has 2 aromatic carbocycles. The highest BCUT2D eigenvalue weighted by Crippen LogP contribution is 2.26. The first-order chi connectivity index (χ1) is 16.0. The zero-order valence-electron chi connectivity index (χ0n) is 18.3. The van der Waals surface area contributed by atoms with E-state index in [1.54, 1.807) is 30.5 Å². The van der Waals surface area contributed by atoms with Gasteiger partial charge in [0.1, 0.15) is 5.75 Å². The molecule has 1 fully saturated rings. The molecule has 9 heteroatoms. The summed E-state index contributed by atoms with van der Waals surface area (Å²) in [5, 5.41) is 0. The summed E-state index contributed by atoms with van der Waals surface area (Å²) in [7, 11) is -3.62. The lowest BCUT2D eigenvalue weighted by Gasteiger charge is -2.30. The van der Waals surface area contributed by atoms with Gasteiger partial charge in [-0.1, -0.05) is 30.3 Å². The second-order valence-corrected chi connectivity index (χ2v) is 9.61. The quantitative estimate of drug-likeness (QED) is 0.461. The zero-order valence-corrected chi connectivity index (χ0v) is 19.2. The third-order valence-corrected chi connectivity index (χ3v) is 7.42. The number of benzene rings is 2. The number of carbonyl (C=O) groups excluding carboxylic acids is 1. The predicted molar refractivity (Wildman–Crippen MR) is 121 cm³/mol. The first-order valence-electron chi connectivity index (χ1n) is 10.9. The lowest BCUT2D eigenvalue weighted by molar-refractivity contribution is -0.151. The van der Waals surface area contributed by atoms with Crippen LogP contribution in [0.5, 0.6) is 5.75 Å². The van der Waals surface area contributed by atoms with E-state index in [0.29, 0.717) is 36.8 Å². The van der Waals surface area contributed by atoms with Crippen LogP contribution < -0.4 is 4.74 Å². The van der Waals surface area contributed by atoms with E-state index in [4.69, 9.17) is 13.9 Å². The molecule has 1 aliphatic rings. The topological polar surface area (TPSA) is 98.9 Å². The van der Waals surface area contributed by atoms with Crippen molar-refractivity contribution in [1.82, 2.24) is 9.29 Å². The van der Waals surface area contributed by atoms with Crippen LogP contribution in [0, 0.1) is 5.92 Å². The minimum absolute atomic E-state index is 0.0592. The van der Waals surface area contributed by atoms with Gasteiger partial charge in [-0.3, -0.25) is 4.79 Å². The van der Waals surface area contributed by atoms with Crippen molar-refractivity contribution < 1.29 is 27.1 Å². The van der Waals surface area contributed by atoms with Crippen molar-refractivity contribution >= 4 is 16.0 Å². The van der Waals surface area contributed by atoms with Crippen LogP contribution in [0.1, 0.15) is 25.7 Å². The van der Waals surface area contributed by atoms with Crippen molar-refractivity contribution in [3.05, 3.63) is 66.7 Å². The van der Waals surface area contributed by atoms with Gasteiger partial charge in [0.15, 0.2) is 12.4 Å². The van der Waals surface area contributed by atoms with Gasteiger partial charge in [0.05, 0.1) is 23.6 Å². The zero-order chi connectivity index (χ0) is 23.3. The fourth-order valence-corrected chi connectivity index (χ4v) is 5.19. The van der Waals surface area contributed by atoms with E-state index in [0.717, 1.165) is 5.56 Å². The third-order valence-electron chi connectivity index (χ3n) is 5.51. The summed E-state index contributed by atoms with van der Waals surface area (Å²) < 4.78 is 43.6. The lowest BCUT2D eigenvalue weighted by atomic mass is 9.98. The van der Waals surface area contributed by atoms with Gasteiger partial charge in [-0.25, -0.2) is 13.4 Å². The molecule has 1 saturated heterocycles. The Hall–Kier alpha value is -3.17. The van der Waals surface area contributed by atoms with E-state index in [2.05, 4.69) is 4.98 Å². The van der Waals surface area contributed by atoms with E-state index < -0.39 is 10.0 Å². The molecule has 33 heavy (non-hydrogen) atoms. The molecule has 174 valence electrons. The Balaban J connectivity index is 1.28. The molecule has 0 spiro atoms. The maximum atomic E-state index is 12.9. The molecule has 2 heterocycles. The number of esters is 1. The molecular formula is C24H26N2O6S. The SMILES string of the molecule is CCOc1ccc(S(=O)(=O)N2CCC(C(=O)OCc3ncc(-c4ccccc4)o3)CC2)cc1. The number of oxazole rings is 1. The summed E-state index contributed by atoms with van der Waals surface area (Å²) in [5.74, 6) is 0.819. The van der Waals surface area contributed by atoms with Crippen molar-refractivity contribution in [2.45, 2.75) is 31.3 Å². The van der Waals surface area contributed by atoms with E-state index in [1.165, 1.54) is 4.31 Å². The summed E-state index contributed by atoms with van der Waals surface area (Å²) >= 11 is 0. The first kappa shape index (κ1) is 23.0. The maximum absolute atomic E-state index is 12.9. The summed E-state index contributed by atoms with van der Waals surface area (Å²) in [6.07, 6.45) is 2.40. The Morgan fingerprint density at radius 3 is 2.45 bits per heavy atom. The second-order valence-electron chi connectivity index (χ2n) is 7.67. The predicted octanol–water partition coefficient (Wildman–Crippen LogP) is 3.88. The minimum atomic E-state index is -3.62. The molecule has 0 N–H and O–H groups in total. The molecule has 0 aliphatic carbocycles. The second kappa shape index (κ2) is 10.2. The fourth-order valence-electron chi connectivity index (χ4n) is 3.72. The van der Waals surface area contributed by atoms with Gasteiger partial charge in [-0.15, -0.1) is 0 Å². The molecule has 0 radical (unpaired) electrons. The molecule has 8 nitrogen and oxygen atoms in total. The molecule has 0 unspecified atom stereocenters. The van der Waals surface area contributed by atoms with Crippen LogP contribution >= 0.6 is 0 Å². The Morgan fingerprint density at radius 1 is 1.09 bits per heavy atom. The molecule has 0 bridgehead atoms. The van der Waals surface area contributed by atoms with Gasteiger partial charge < -0.3 is 13.9 Å². The molecule has 3 aromatic rings. The van der Waals surface area contributed by atoms with E-state index in [9.17, 15) is 13.2 Å². The Kier molecular flexibility index (Phi) is 7.10. The van der Waals surface area contributed by atoms with Crippen LogP contribution in [-0.2, 0) is 26.2 Å². The maximum Gasteiger partial charge on any atom is 0.309 e. The minimum Gasteiger partial charge on any atom is -0.494 e. The summed E-state index contributed by atoms with van der Waals surface area (Å²) in [6, 6.07) is 15.9. The van der Waals surface area contributed by atoms with Crippen LogP contribution in [0.3, 0.4) is 0 Å². The highest BCUT2D eigenvalue weighted by atomic mass is 32.2. The number of carbonyl (C=O) groups is 1. The Bertz CT molecular complexity index is 1170. The molecule has 1 aliphatic heterocycles. The third kappa shape index (κ3) is 5.43. The number of hydrogen-bond acceptors (Lipinski definition) is 7. The first-order valence-corrected chi connectivity index (χ1v) is 12.3. The normalized spacial score (nSPS) is 15.3. The molecule has 4 rings (SSSR count). The van der Waals surface area contributed by atoms with Gasteiger partial charge in [0.2, 0.25) is 15.9 Å². The standard InChI is InChI=1S/C24H26N2O6S/c1-2-30-20-8-10-21(11-9-20)33(28,29)26-14-12-19(13-15-26)24(27)31-17-23-25-16-22(32-23)18-6-4-3-5-7-18/h3-11,16,19H,2,12-15,17H2,1H3. The van der Waals surface area contributed by atoms with Crippen molar-refractivity contribution in [3.8, 4) is 17.1 Å². The lowest BCUT2D eigenvalue weighted by Crippen LogP contribution is -2.40. The summed E-state index contributed by atoms with van der Waals surface area (Å²) in [4.78, 5) is 16.9. The largest absolute Gasteiger partial charge is 0.494 e. The number of aromatic nitrogens is 1. The van der Waals surface area contributed by atoms with Gasteiger partial charge in [0.25, 0.3) is 0 Å². The summed E-state index contributed by atoms with van der Waals surface area (Å²) in [5.41, 5.74) is 0.892. The van der Waals surface area contributed by atoms with Crippen molar-refractivity contribution in [3.63, 3.8) is 0 Å². The van der Waals surface area contributed by atoms with Crippen molar-refractivity contribution in [2.24, 2.45) is 5.92 Å². The van der Waals surface area contributed by atoms with Crippen molar-refractivity contribution in [2.75, 3.05) is 19.7 Å². The average Bonchev–Trinajstić information content (AvgIpc) is 3.33. The molecular weight excluding hydrogens is 444 g/mol. The number of piperidine rings is 1. The van der Waals surface area contributed by atoms with Gasteiger partial charge in [0, 0.05) is 18.7 Å². The van der Waals surface area contributed by atoms with Gasteiger partial charge in [-0.05, 0) is 44.0 Å². The van der Waals surface area contributed by atoms with E-state index >= 15 is 0 Å².